The van der Waals surface area contributed by atoms with Crippen LogP contribution in [0.25, 0.3) is 0 Å². The Labute approximate surface area is 125 Å². The highest BCUT2D eigenvalue weighted by Crippen LogP contribution is 2.08. The van der Waals surface area contributed by atoms with Crippen molar-refractivity contribution in [2.24, 2.45) is 5.10 Å². The van der Waals surface area contributed by atoms with Crippen molar-refractivity contribution in [2.75, 3.05) is 0 Å². The fraction of sp³-hybridized carbons (Fsp3) is 0.500. The standard InChI is InChI=1S/C16H24N2OS/c1-2-3-4-5-6-7-8-9-12-16(19)18-17-14-15-11-10-13-20-15/h2,10-11,13-14H,1,3-9,12H2,(H,18,19)/b17-14+. The lowest BCUT2D eigenvalue weighted by atomic mass is 10.1. The summed E-state index contributed by atoms with van der Waals surface area (Å²) in [5.41, 5.74) is 2.57. The third-order valence-electron chi connectivity index (χ3n) is 2.99. The fourth-order valence-electron chi connectivity index (χ4n) is 1.87. The van der Waals surface area contributed by atoms with Crippen molar-refractivity contribution < 1.29 is 4.79 Å². The van der Waals surface area contributed by atoms with Gasteiger partial charge >= 0.3 is 0 Å². The van der Waals surface area contributed by atoms with Gasteiger partial charge in [-0.25, -0.2) is 5.43 Å². The van der Waals surface area contributed by atoms with E-state index in [1.54, 1.807) is 17.6 Å². The molecule has 1 aromatic rings. The van der Waals surface area contributed by atoms with Crippen LogP contribution in [0.4, 0.5) is 0 Å². The van der Waals surface area contributed by atoms with Crippen molar-refractivity contribution >= 4 is 23.5 Å². The van der Waals surface area contributed by atoms with Gasteiger partial charge in [-0.2, -0.15) is 5.10 Å². The molecule has 0 unspecified atom stereocenters. The number of hydrogen-bond acceptors (Lipinski definition) is 3. The molecular formula is C16H24N2OS. The zero-order valence-corrected chi connectivity index (χ0v) is 12.8. The second-order valence-corrected chi connectivity index (χ2v) is 5.74. The second kappa shape index (κ2) is 11.4. The van der Waals surface area contributed by atoms with Crippen molar-refractivity contribution in [3.63, 3.8) is 0 Å². The SMILES string of the molecule is C=CCCCCCCCCC(=O)N/N=C/c1cccs1. The molecule has 0 atom stereocenters. The molecule has 0 radical (unpaired) electrons. The van der Waals surface area contributed by atoms with Gasteiger partial charge in [0.25, 0.3) is 0 Å². The number of unbranched alkanes of at least 4 members (excludes halogenated alkanes) is 6. The maximum atomic E-state index is 11.5. The predicted octanol–water partition coefficient (Wildman–Crippen LogP) is 4.51. The van der Waals surface area contributed by atoms with Crippen LogP contribution >= 0.6 is 11.3 Å². The lowest BCUT2D eigenvalue weighted by molar-refractivity contribution is -0.121. The van der Waals surface area contributed by atoms with Gasteiger partial charge in [-0.05, 0) is 30.7 Å². The summed E-state index contributed by atoms with van der Waals surface area (Å²) in [6.45, 7) is 3.71. The van der Waals surface area contributed by atoms with Crippen molar-refractivity contribution in [3.8, 4) is 0 Å². The number of allylic oxidation sites excluding steroid dienone is 1. The number of carbonyl (C=O) groups excluding carboxylic acids is 1. The van der Waals surface area contributed by atoms with Gasteiger partial charge in [0.2, 0.25) is 5.91 Å². The summed E-state index contributed by atoms with van der Waals surface area (Å²) < 4.78 is 0. The number of nitrogens with zero attached hydrogens (tertiary/aromatic N) is 1. The van der Waals surface area contributed by atoms with Crippen molar-refractivity contribution in [1.29, 1.82) is 0 Å². The Morgan fingerprint density at radius 3 is 2.70 bits per heavy atom. The van der Waals surface area contributed by atoms with Gasteiger partial charge in [0.05, 0.1) is 6.21 Å². The van der Waals surface area contributed by atoms with Gasteiger partial charge < -0.3 is 0 Å². The molecule has 110 valence electrons. The third-order valence-corrected chi connectivity index (χ3v) is 3.79. The molecule has 1 N–H and O–H groups in total. The van der Waals surface area contributed by atoms with Gasteiger partial charge in [-0.1, -0.05) is 37.8 Å². The fourth-order valence-corrected chi connectivity index (χ4v) is 2.45. The van der Waals surface area contributed by atoms with E-state index >= 15 is 0 Å². The summed E-state index contributed by atoms with van der Waals surface area (Å²) in [6, 6.07) is 3.93. The Hall–Kier alpha value is -1.42. The Kier molecular flexibility index (Phi) is 9.49. The monoisotopic (exact) mass is 292 g/mol. The maximum absolute atomic E-state index is 11.5. The molecule has 0 saturated heterocycles. The van der Waals surface area contributed by atoms with E-state index in [1.807, 2.05) is 23.6 Å². The molecule has 1 aromatic heterocycles. The number of hydrazone groups is 1. The van der Waals surface area contributed by atoms with Crippen LogP contribution in [0.2, 0.25) is 0 Å². The number of nitrogens with one attached hydrogen (secondary N) is 1. The molecular weight excluding hydrogens is 268 g/mol. The lowest BCUT2D eigenvalue weighted by Gasteiger charge is -2.01. The molecule has 1 heterocycles. The number of amides is 1. The molecule has 20 heavy (non-hydrogen) atoms. The average molecular weight is 292 g/mol. The van der Waals surface area contributed by atoms with Crippen LogP contribution in [0.1, 0.15) is 56.2 Å². The van der Waals surface area contributed by atoms with Crippen molar-refractivity contribution in [1.82, 2.24) is 5.43 Å². The third kappa shape index (κ3) is 8.64. The highest BCUT2D eigenvalue weighted by atomic mass is 32.1. The molecule has 0 aliphatic carbocycles. The second-order valence-electron chi connectivity index (χ2n) is 4.76. The summed E-state index contributed by atoms with van der Waals surface area (Å²) in [6.07, 6.45) is 12.4. The Morgan fingerprint density at radius 1 is 1.25 bits per heavy atom. The van der Waals surface area contributed by atoms with E-state index in [4.69, 9.17) is 0 Å². The average Bonchev–Trinajstić information content (AvgIpc) is 2.95. The minimum atomic E-state index is 0.00413. The smallest absolute Gasteiger partial charge is 0.240 e. The van der Waals surface area contributed by atoms with Gasteiger partial charge in [-0.15, -0.1) is 17.9 Å². The Balaban J connectivity index is 1.94. The van der Waals surface area contributed by atoms with Crippen molar-refractivity contribution in [2.45, 2.75) is 51.4 Å². The molecule has 1 rings (SSSR count). The van der Waals surface area contributed by atoms with Crippen molar-refractivity contribution in [3.05, 3.63) is 35.0 Å². The van der Waals surface area contributed by atoms with Crippen LogP contribution in [0.3, 0.4) is 0 Å². The summed E-state index contributed by atoms with van der Waals surface area (Å²) in [5, 5.41) is 5.92. The van der Waals surface area contributed by atoms with Crippen LogP contribution in [0, 0.1) is 0 Å². The highest BCUT2D eigenvalue weighted by Gasteiger charge is 1.99. The normalized spacial score (nSPS) is 10.8. The topological polar surface area (TPSA) is 41.5 Å². The molecule has 0 spiro atoms. The largest absolute Gasteiger partial charge is 0.273 e. The van der Waals surface area contributed by atoms with E-state index in [0.717, 1.165) is 24.1 Å². The molecule has 0 aromatic carbocycles. The predicted molar refractivity (Wildman–Crippen MR) is 87.2 cm³/mol. The van der Waals surface area contributed by atoms with Crippen LogP contribution in [0.5, 0.6) is 0 Å². The number of thiophene rings is 1. The van der Waals surface area contributed by atoms with E-state index in [2.05, 4.69) is 17.1 Å². The first-order chi connectivity index (χ1) is 9.83. The molecule has 0 aliphatic heterocycles. The molecule has 0 bridgehead atoms. The quantitative estimate of drug-likeness (QED) is 0.277. The molecule has 1 amide bonds. The van der Waals surface area contributed by atoms with E-state index in [0.29, 0.717) is 6.42 Å². The van der Waals surface area contributed by atoms with Gasteiger partial charge in [0, 0.05) is 11.3 Å². The maximum Gasteiger partial charge on any atom is 0.240 e. The van der Waals surface area contributed by atoms with Gasteiger partial charge in [0.15, 0.2) is 0 Å². The molecule has 3 nitrogen and oxygen atoms in total. The summed E-state index contributed by atoms with van der Waals surface area (Å²) in [4.78, 5) is 12.6. The number of carbonyl (C=O) groups is 1. The van der Waals surface area contributed by atoms with E-state index in [-0.39, 0.29) is 5.91 Å². The van der Waals surface area contributed by atoms with Crippen LogP contribution in [0.15, 0.2) is 35.3 Å². The molecule has 0 fully saturated rings. The van der Waals surface area contributed by atoms with Crippen LogP contribution < -0.4 is 5.43 Å². The Bertz CT molecular complexity index is 399. The summed E-state index contributed by atoms with van der Waals surface area (Å²) >= 11 is 1.60. The molecule has 4 heteroatoms. The Morgan fingerprint density at radius 2 is 2.00 bits per heavy atom. The van der Waals surface area contributed by atoms with Gasteiger partial charge in [-0.3, -0.25) is 4.79 Å². The summed E-state index contributed by atoms with van der Waals surface area (Å²) in [5.74, 6) is 0.00413. The van der Waals surface area contributed by atoms with E-state index in [9.17, 15) is 4.79 Å². The number of hydrogen-bond donors (Lipinski definition) is 1. The van der Waals surface area contributed by atoms with Crippen LogP contribution in [-0.4, -0.2) is 12.1 Å². The zero-order valence-electron chi connectivity index (χ0n) is 12.0. The zero-order chi connectivity index (χ0) is 14.5. The lowest BCUT2D eigenvalue weighted by Crippen LogP contribution is -2.16. The first kappa shape index (κ1) is 16.6. The van der Waals surface area contributed by atoms with Gasteiger partial charge in [0.1, 0.15) is 0 Å². The highest BCUT2D eigenvalue weighted by molar-refractivity contribution is 7.11. The molecule has 0 aliphatic rings. The minimum Gasteiger partial charge on any atom is -0.273 e. The molecule has 0 saturated carbocycles. The number of rotatable bonds is 11. The van der Waals surface area contributed by atoms with Crippen LogP contribution in [-0.2, 0) is 4.79 Å². The first-order valence-corrected chi connectivity index (χ1v) is 8.17. The van der Waals surface area contributed by atoms with E-state index in [1.165, 1.54) is 25.7 Å². The van der Waals surface area contributed by atoms with E-state index < -0.39 is 0 Å². The summed E-state index contributed by atoms with van der Waals surface area (Å²) in [7, 11) is 0. The minimum absolute atomic E-state index is 0.00413. The first-order valence-electron chi connectivity index (χ1n) is 7.29.